The topological polar surface area (TPSA) is 81.4 Å². The van der Waals surface area contributed by atoms with Gasteiger partial charge in [0.15, 0.2) is 0 Å². The normalized spacial score (nSPS) is 11.7. The first kappa shape index (κ1) is 11.2. The first-order valence-corrected chi connectivity index (χ1v) is 4.36. The molecule has 7 nitrogen and oxygen atoms in total. The molecule has 15 heavy (non-hydrogen) atoms. The van der Waals surface area contributed by atoms with E-state index in [2.05, 4.69) is 25.6 Å². The standard InChI is InChI=1S/C8H13N5O2/c1-8(2,13-5-4-10-12-13)6-11-15-7(14)9-3/h4-6H,1-3H3,(H,9,14). The molecule has 1 heterocycles. The van der Waals surface area contributed by atoms with Crippen molar-refractivity contribution in [2.24, 2.45) is 5.16 Å². The van der Waals surface area contributed by atoms with Crippen LogP contribution in [0.5, 0.6) is 0 Å². The van der Waals surface area contributed by atoms with Gasteiger partial charge in [0, 0.05) is 13.2 Å². The first-order chi connectivity index (χ1) is 7.06. The van der Waals surface area contributed by atoms with Gasteiger partial charge >= 0.3 is 6.09 Å². The molecule has 1 rings (SSSR count). The van der Waals surface area contributed by atoms with Crippen molar-refractivity contribution in [2.45, 2.75) is 19.4 Å². The van der Waals surface area contributed by atoms with Crippen LogP contribution in [0.4, 0.5) is 4.79 Å². The monoisotopic (exact) mass is 211 g/mol. The molecule has 82 valence electrons. The van der Waals surface area contributed by atoms with E-state index in [0.29, 0.717) is 0 Å². The Labute approximate surface area is 87.1 Å². The molecule has 0 fully saturated rings. The summed E-state index contributed by atoms with van der Waals surface area (Å²) in [5, 5.41) is 13.3. The number of nitrogens with zero attached hydrogens (tertiary/aromatic N) is 4. The Morgan fingerprint density at radius 1 is 1.67 bits per heavy atom. The Balaban J connectivity index is 2.60. The second kappa shape index (κ2) is 4.54. The third-order valence-corrected chi connectivity index (χ3v) is 1.72. The molecule has 0 spiro atoms. The highest BCUT2D eigenvalue weighted by Gasteiger charge is 2.18. The van der Waals surface area contributed by atoms with Gasteiger partial charge in [0.2, 0.25) is 0 Å². The Morgan fingerprint density at radius 3 is 2.93 bits per heavy atom. The van der Waals surface area contributed by atoms with E-state index >= 15 is 0 Å². The number of aromatic nitrogens is 3. The van der Waals surface area contributed by atoms with Crippen LogP contribution in [0.1, 0.15) is 13.8 Å². The summed E-state index contributed by atoms with van der Waals surface area (Å²) >= 11 is 0. The zero-order valence-corrected chi connectivity index (χ0v) is 8.84. The summed E-state index contributed by atoms with van der Waals surface area (Å²) in [5.41, 5.74) is -0.496. The smallest absolute Gasteiger partial charge is 0.323 e. The minimum atomic E-state index is -0.611. The maximum Gasteiger partial charge on any atom is 0.433 e. The van der Waals surface area contributed by atoms with Crippen LogP contribution in [0.15, 0.2) is 17.5 Å². The maximum absolute atomic E-state index is 10.7. The molecule has 0 aromatic carbocycles. The van der Waals surface area contributed by atoms with Crippen LogP contribution in [-0.4, -0.2) is 34.3 Å². The lowest BCUT2D eigenvalue weighted by molar-refractivity contribution is 0.152. The molecule has 1 amide bonds. The van der Waals surface area contributed by atoms with E-state index in [-0.39, 0.29) is 0 Å². The second-order valence-electron chi connectivity index (χ2n) is 3.36. The number of hydrogen-bond acceptors (Lipinski definition) is 5. The van der Waals surface area contributed by atoms with Crippen LogP contribution >= 0.6 is 0 Å². The van der Waals surface area contributed by atoms with Crippen molar-refractivity contribution in [1.82, 2.24) is 20.3 Å². The van der Waals surface area contributed by atoms with Gasteiger partial charge < -0.3 is 5.32 Å². The van der Waals surface area contributed by atoms with Gasteiger partial charge in [-0.3, -0.25) is 4.84 Å². The van der Waals surface area contributed by atoms with E-state index < -0.39 is 11.6 Å². The number of carbonyl (C=O) groups is 1. The van der Waals surface area contributed by atoms with Crippen molar-refractivity contribution in [3.05, 3.63) is 12.4 Å². The minimum absolute atomic E-state index is 0.496. The Hall–Kier alpha value is -1.92. The summed E-state index contributed by atoms with van der Waals surface area (Å²) in [6, 6.07) is 0. The van der Waals surface area contributed by atoms with Gasteiger partial charge in [-0.25, -0.2) is 9.48 Å². The second-order valence-corrected chi connectivity index (χ2v) is 3.36. The van der Waals surface area contributed by atoms with E-state index in [0.717, 1.165) is 0 Å². The van der Waals surface area contributed by atoms with E-state index in [1.54, 1.807) is 17.1 Å². The third-order valence-electron chi connectivity index (χ3n) is 1.72. The summed E-state index contributed by atoms with van der Waals surface area (Å²) in [6.07, 6.45) is 4.12. The zero-order valence-electron chi connectivity index (χ0n) is 8.84. The summed E-state index contributed by atoms with van der Waals surface area (Å²) in [4.78, 5) is 15.2. The summed E-state index contributed by atoms with van der Waals surface area (Å²) in [5.74, 6) is 0. The van der Waals surface area contributed by atoms with Crippen LogP contribution in [0.3, 0.4) is 0 Å². The predicted molar refractivity (Wildman–Crippen MR) is 53.4 cm³/mol. The molecule has 1 aromatic heterocycles. The fourth-order valence-corrected chi connectivity index (χ4v) is 0.824. The van der Waals surface area contributed by atoms with Crippen LogP contribution < -0.4 is 5.32 Å². The molecule has 0 atom stereocenters. The van der Waals surface area contributed by atoms with Crippen molar-refractivity contribution in [2.75, 3.05) is 7.05 Å². The van der Waals surface area contributed by atoms with Gasteiger partial charge in [-0.1, -0.05) is 10.4 Å². The molecule has 0 saturated heterocycles. The van der Waals surface area contributed by atoms with Gasteiger partial charge in [-0.15, -0.1) is 5.10 Å². The highest BCUT2D eigenvalue weighted by atomic mass is 16.7. The van der Waals surface area contributed by atoms with E-state index in [1.165, 1.54) is 13.3 Å². The lowest BCUT2D eigenvalue weighted by atomic mass is 10.1. The molecular weight excluding hydrogens is 198 g/mol. The number of nitrogens with one attached hydrogen (secondary N) is 1. The van der Waals surface area contributed by atoms with Crippen LogP contribution in [0, 0.1) is 0 Å². The Kier molecular flexibility index (Phi) is 3.37. The molecule has 0 aliphatic rings. The minimum Gasteiger partial charge on any atom is -0.323 e. The van der Waals surface area contributed by atoms with E-state index in [4.69, 9.17) is 0 Å². The largest absolute Gasteiger partial charge is 0.433 e. The third kappa shape index (κ3) is 3.04. The number of amides is 1. The molecule has 1 N–H and O–H groups in total. The molecule has 7 heteroatoms. The fourth-order valence-electron chi connectivity index (χ4n) is 0.824. The number of oxime groups is 1. The fraction of sp³-hybridized carbons (Fsp3) is 0.500. The molecule has 0 bridgehead atoms. The van der Waals surface area contributed by atoms with Crippen LogP contribution in [0.2, 0.25) is 0 Å². The van der Waals surface area contributed by atoms with Gasteiger partial charge in [0.05, 0.1) is 18.0 Å². The Morgan fingerprint density at radius 2 is 2.40 bits per heavy atom. The highest BCUT2D eigenvalue weighted by molar-refractivity contribution is 5.70. The summed E-state index contributed by atoms with van der Waals surface area (Å²) < 4.78 is 1.60. The van der Waals surface area contributed by atoms with Gasteiger partial charge in [0.1, 0.15) is 0 Å². The lowest BCUT2D eigenvalue weighted by Gasteiger charge is -2.17. The first-order valence-electron chi connectivity index (χ1n) is 4.36. The maximum atomic E-state index is 10.7. The molecule has 0 aliphatic carbocycles. The molecular formula is C8H13N5O2. The van der Waals surface area contributed by atoms with Gasteiger partial charge in [-0.05, 0) is 13.8 Å². The molecule has 0 aliphatic heterocycles. The summed E-state index contributed by atoms with van der Waals surface area (Å²) in [7, 11) is 1.46. The molecule has 0 radical (unpaired) electrons. The predicted octanol–water partition coefficient (Wildman–Crippen LogP) is 0.355. The van der Waals surface area contributed by atoms with Gasteiger partial charge in [-0.2, -0.15) is 0 Å². The van der Waals surface area contributed by atoms with Crippen molar-refractivity contribution < 1.29 is 9.63 Å². The average molecular weight is 211 g/mol. The lowest BCUT2D eigenvalue weighted by Crippen LogP contribution is -2.29. The van der Waals surface area contributed by atoms with Gasteiger partial charge in [0.25, 0.3) is 0 Å². The van der Waals surface area contributed by atoms with Crippen molar-refractivity contribution in [1.29, 1.82) is 0 Å². The van der Waals surface area contributed by atoms with E-state index in [9.17, 15) is 4.79 Å². The Bertz CT molecular complexity index is 344. The SMILES string of the molecule is CNC(=O)ON=CC(C)(C)n1ccnn1. The molecule has 0 saturated carbocycles. The molecule has 0 unspecified atom stereocenters. The average Bonchev–Trinajstić information content (AvgIpc) is 2.70. The quantitative estimate of drug-likeness (QED) is 0.444. The van der Waals surface area contributed by atoms with Crippen molar-refractivity contribution >= 4 is 12.3 Å². The van der Waals surface area contributed by atoms with Crippen LogP contribution in [-0.2, 0) is 10.4 Å². The highest BCUT2D eigenvalue weighted by Crippen LogP contribution is 2.09. The molecule has 1 aromatic rings. The number of rotatable bonds is 3. The number of carbonyl (C=O) groups excluding carboxylic acids is 1. The van der Waals surface area contributed by atoms with Crippen molar-refractivity contribution in [3.63, 3.8) is 0 Å². The van der Waals surface area contributed by atoms with Crippen LogP contribution in [0.25, 0.3) is 0 Å². The van der Waals surface area contributed by atoms with Crippen molar-refractivity contribution in [3.8, 4) is 0 Å². The number of hydrogen-bond donors (Lipinski definition) is 1. The summed E-state index contributed by atoms with van der Waals surface area (Å²) in [6.45, 7) is 3.72. The zero-order chi connectivity index (χ0) is 11.3. The van der Waals surface area contributed by atoms with E-state index in [1.807, 2.05) is 13.8 Å².